The van der Waals surface area contributed by atoms with Crippen molar-refractivity contribution in [3.05, 3.63) is 45.9 Å². The van der Waals surface area contributed by atoms with Gasteiger partial charge in [-0.1, -0.05) is 24.6 Å². The fourth-order valence-corrected chi connectivity index (χ4v) is 3.95. The molecule has 0 bridgehead atoms. The third-order valence-corrected chi connectivity index (χ3v) is 6.05. The Balaban J connectivity index is 2.03. The largest absolute Gasteiger partial charge is 0.350 e. The van der Waals surface area contributed by atoms with Crippen LogP contribution in [0.1, 0.15) is 11.8 Å². The Labute approximate surface area is 144 Å². The first-order valence-electron chi connectivity index (χ1n) is 6.84. The van der Waals surface area contributed by atoms with Gasteiger partial charge >= 0.3 is 0 Å². The maximum absolute atomic E-state index is 12.5. The van der Waals surface area contributed by atoms with E-state index in [-0.39, 0.29) is 29.0 Å². The lowest BCUT2D eigenvalue weighted by molar-refractivity contribution is -0.121. The number of carbonyl (C=O) groups excluding carboxylic acids is 1. The lowest BCUT2D eigenvalue weighted by atomic mass is 10.4. The highest BCUT2D eigenvalue weighted by molar-refractivity contribution is 7.89. The highest BCUT2D eigenvalue weighted by atomic mass is 35.5. The van der Waals surface area contributed by atoms with Crippen molar-refractivity contribution in [3.8, 4) is 0 Å². The van der Waals surface area contributed by atoms with Crippen LogP contribution in [-0.2, 0) is 21.4 Å². The summed E-state index contributed by atoms with van der Waals surface area (Å²) in [6.07, 6.45) is 1.18. The molecule has 2 aromatic heterocycles. The number of hydrogen-bond acceptors (Lipinski definition) is 5. The van der Waals surface area contributed by atoms with Crippen molar-refractivity contribution < 1.29 is 13.2 Å². The first-order chi connectivity index (χ1) is 10.9. The number of rotatable bonds is 7. The van der Waals surface area contributed by atoms with Crippen molar-refractivity contribution in [2.24, 2.45) is 0 Å². The summed E-state index contributed by atoms with van der Waals surface area (Å²) < 4.78 is 26.1. The fourth-order valence-electron chi connectivity index (χ4n) is 1.85. The van der Waals surface area contributed by atoms with E-state index in [1.165, 1.54) is 29.7 Å². The molecule has 124 valence electrons. The van der Waals surface area contributed by atoms with Gasteiger partial charge in [0.15, 0.2) is 0 Å². The summed E-state index contributed by atoms with van der Waals surface area (Å²) in [7, 11) is -3.78. The second-order valence-corrected chi connectivity index (χ2v) is 7.96. The smallest absolute Gasteiger partial charge is 0.245 e. The number of sulfonamides is 1. The van der Waals surface area contributed by atoms with Gasteiger partial charge in [0.1, 0.15) is 10.0 Å². The molecule has 6 nitrogen and oxygen atoms in total. The standard InChI is InChI=1S/C14H16ClN3O3S2/c1-2-18(10-14(19)17-8-11-4-3-7-22-11)23(20,21)12-5-6-13(15)16-9-12/h3-7,9H,2,8,10H2,1H3,(H,17,19). The van der Waals surface area contributed by atoms with Crippen LogP contribution in [0.25, 0.3) is 0 Å². The van der Waals surface area contributed by atoms with Crippen LogP contribution >= 0.6 is 22.9 Å². The monoisotopic (exact) mass is 373 g/mol. The molecular formula is C14H16ClN3O3S2. The predicted molar refractivity (Wildman–Crippen MR) is 89.8 cm³/mol. The third-order valence-electron chi connectivity index (χ3n) is 3.05. The first kappa shape index (κ1) is 17.9. The van der Waals surface area contributed by atoms with Crippen molar-refractivity contribution >= 4 is 38.9 Å². The maximum Gasteiger partial charge on any atom is 0.245 e. The lowest BCUT2D eigenvalue weighted by Crippen LogP contribution is -2.40. The van der Waals surface area contributed by atoms with E-state index in [4.69, 9.17) is 11.6 Å². The molecular weight excluding hydrogens is 358 g/mol. The molecule has 0 aliphatic rings. The summed E-state index contributed by atoms with van der Waals surface area (Å²) in [5.41, 5.74) is 0. The van der Waals surface area contributed by atoms with Gasteiger partial charge in [-0.3, -0.25) is 4.79 Å². The second kappa shape index (κ2) is 7.87. The maximum atomic E-state index is 12.5. The molecule has 0 unspecified atom stereocenters. The summed E-state index contributed by atoms with van der Waals surface area (Å²) in [5.74, 6) is -0.356. The highest BCUT2D eigenvalue weighted by Gasteiger charge is 2.25. The number of hydrogen-bond donors (Lipinski definition) is 1. The van der Waals surface area contributed by atoms with Gasteiger partial charge in [0, 0.05) is 17.6 Å². The summed E-state index contributed by atoms with van der Waals surface area (Å²) in [5, 5.41) is 4.83. The van der Waals surface area contributed by atoms with Crippen LogP contribution in [0.3, 0.4) is 0 Å². The summed E-state index contributed by atoms with van der Waals surface area (Å²) in [6.45, 7) is 1.99. The third kappa shape index (κ3) is 4.74. The van der Waals surface area contributed by atoms with Gasteiger partial charge in [0.25, 0.3) is 0 Å². The number of amides is 1. The Morgan fingerprint density at radius 2 is 2.17 bits per heavy atom. The minimum atomic E-state index is -3.78. The minimum absolute atomic E-state index is 0.00908. The zero-order valence-electron chi connectivity index (χ0n) is 12.4. The Morgan fingerprint density at radius 3 is 2.74 bits per heavy atom. The van der Waals surface area contributed by atoms with Crippen molar-refractivity contribution in [2.45, 2.75) is 18.4 Å². The van der Waals surface area contributed by atoms with E-state index in [1.807, 2.05) is 17.5 Å². The Morgan fingerprint density at radius 1 is 1.39 bits per heavy atom. The van der Waals surface area contributed by atoms with E-state index in [2.05, 4.69) is 10.3 Å². The minimum Gasteiger partial charge on any atom is -0.350 e. The SMILES string of the molecule is CCN(CC(=O)NCc1cccs1)S(=O)(=O)c1ccc(Cl)nc1. The molecule has 9 heteroatoms. The average molecular weight is 374 g/mol. The molecule has 23 heavy (non-hydrogen) atoms. The van der Waals surface area contributed by atoms with E-state index in [9.17, 15) is 13.2 Å². The fraction of sp³-hybridized carbons (Fsp3) is 0.286. The number of likely N-dealkylation sites (N-methyl/N-ethyl adjacent to an activating group) is 1. The van der Waals surface area contributed by atoms with Crippen LogP contribution in [0.2, 0.25) is 5.15 Å². The molecule has 0 spiro atoms. The predicted octanol–water partition coefficient (Wildman–Crippen LogP) is 2.12. The van der Waals surface area contributed by atoms with Crippen molar-refractivity contribution in [1.29, 1.82) is 0 Å². The van der Waals surface area contributed by atoms with Crippen LogP contribution in [0, 0.1) is 0 Å². The molecule has 0 atom stereocenters. The van der Waals surface area contributed by atoms with Crippen LogP contribution in [0.5, 0.6) is 0 Å². The molecule has 1 N–H and O–H groups in total. The molecule has 0 saturated carbocycles. The van der Waals surface area contributed by atoms with Gasteiger partial charge in [0.2, 0.25) is 15.9 Å². The molecule has 0 radical (unpaired) electrons. The van der Waals surface area contributed by atoms with E-state index in [0.717, 1.165) is 9.18 Å². The average Bonchev–Trinajstić information content (AvgIpc) is 3.04. The Bertz CT molecular complexity index is 746. The summed E-state index contributed by atoms with van der Waals surface area (Å²) in [6, 6.07) is 6.57. The van der Waals surface area contributed by atoms with Gasteiger partial charge in [-0.2, -0.15) is 4.31 Å². The van der Waals surface area contributed by atoms with Gasteiger partial charge in [0.05, 0.1) is 13.1 Å². The number of nitrogens with one attached hydrogen (secondary N) is 1. The van der Waals surface area contributed by atoms with Gasteiger partial charge < -0.3 is 5.32 Å². The normalized spacial score (nSPS) is 11.6. The molecule has 2 rings (SSSR count). The van der Waals surface area contributed by atoms with Crippen LogP contribution in [0.15, 0.2) is 40.7 Å². The van der Waals surface area contributed by atoms with Gasteiger partial charge in [-0.25, -0.2) is 13.4 Å². The Kier molecular flexibility index (Phi) is 6.11. The number of halogens is 1. The number of thiophene rings is 1. The van der Waals surface area contributed by atoms with Crippen LogP contribution in [-0.4, -0.2) is 36.7 Å². The number of pyridine rings is 1. The molecule has 0 aromatic carbocycles. The van der Waals surface area contributed by atoms with Crippen molar-refractivity contribution in [2.75, 3.05) is 13.1 Å². The number of nitrogens with zero attached hydrogens (tertiary/aromatic N) is 2. The van der Waals surface area contributed by atoms with Crippen molar-refractivity contribution in [1.82, 2.24) is 14.6 Å². The Hall–Kier alpha value is -1.48. The first-order valence-corrected chi connectivity index (χ1v) is 9.54. The van der Waals surface area contributed by atoms with Crippen molar-refractivity contribution in [3.63, 3.8) is 0 Å². The quantitative estimate of drug-likeness (QED) is 0.754. The van der Waals surface area contributed by atoms with Crippen LogP contribution in [0.4, 0.5) is 0 Å². The topological polar surface area (TPSA) is 79.4 Å². The molecule has 0 aliphatic carbocycles. The second-order valence-electron chi connectivity index (χ2n) is 4.60. The highest BCUT2D eigenvalue weighted by Crippen LogP contribution is 2.16. The molecule has 0 aliphatic heterocycles. The zero-order valence-corrected chi connectivity index (χ0v) is 14.8. The zero-order chi connectivity index (χ0) is 16.9. The molecule has 0 saturated heterocycles. The van der Waals surface area contributed by atoms with E-state index < -0.39 is 10.0 Å². The molecule has 2 heterocycles. The molecule has 1 amide bonds. The summed E-state index contributed by atoms with van der Waals surface area (Å²) in [4.78, 5) is 16.8. The van der Waals surface area contributed by atoms with E-state index in [0.29, 0.717) is 6.54 Å². The van der Waals surface area contributed by atoms with Gasteiger partial charge in [-0.15, -0.1) is 11.3 Å². The molecule has 0 fully saturated rings. The number of carbonyl (C=O) groups is 1. The number of aromatic nitrogens is 1. The van der Waals surface area contributed by atoms with E-state index >= 15 is 0 Å². The van der Waals surface area contributed by atoms with Gasteiger partial charge in [-0.05, 0) is 23.6 Å². The molecule has 2 aromatic rings. The van der Waals surface area contributed by atoms with Crippen LogP contribution < -0.4 is 5.32 Å². The van der Waals surface area contributed by atoms with E-state index in [1.54, 1.807) is 6.92 Å². The summed E-state index contributed by atoms with van der Waals surface area (Å²) >= 11 is 7.19. The lowest BCUT2D eigenvalue weighted by Gasteiger charge is -2.19.